The van der Waals surface area contributed by atoms with E-state index in [0.717, 1.165) is 35.8 Å². The van der Waals surface area contributed by atoms with Crippen molar-refractivity contribution in [2.75, 3.05) is 5.75 Å². The fourth-order valence-electron chi connectivity index (χ4n) is 3.28. The normalized spacial score (nSPS) is 14.1. The van der Waals surface area contributed by atoms with Crippen LogP contribution in [0.4, 0.5) is 4.39 Å². The highest BCUT2D eigenvalue weighted by atomic mass is 32.2. The van der Waals surface area contributed by atoms with E-state index in [2.05, 4.69) is 6.92 Å². The van der Waals surface area contributed by atoms with Crippen molar-refractivity contribution in [1.82, 2.24) is 0 Å². The summed E-state index contributed by atoms with van der Waals surface area (Å²) in [6.07, 6.45) is 14.2. The van der Waals surface area contributed by atoms with Crippen molar-refractivity contribution in [2.24, 2.45) is 5.92 Å². The molecule has 1 aromatic rings. The summed E-state index contributed by atoms with van der Waals surface area (Å²) in [5.74, 6) is 1.29. The molecule has 0 saturated heterocycles. The molecule has 2 rings (SSSR count). The molecule has 0 bridgehead atoms. The van der Waals surface area contributed by atoms with E-state index in [1.807, 2.05) is 12.1 Å². The summed E-state index contributed by atoms with van der Waals surface area (Å²) in [6.45, 7) is 2.11. The lowest BCUT2D eigenvalue weighted by atomic mass is 10.0. The molecule has 0 amide bonds. The van der Waals surface area contributed by atoms with Crippen molar-refractivity contribution in [1.29, 1.82) is 0 Å². The number of hydrogen-bond acceptors (Lipinski definition) is 2. The molecule has 1 saturated carbocycles. The first-order chi connectivity index (χ1) is 12.6. The maximum atomic E-state index is 13.3. The van der Waals surface area contributed by atoms with E-state index in [4.69, 9.17) is 5.11 Å². The van der Waals surface area contributed by atoms with Crippen LogP contribution in [-0.2, 0) is 4.79 Å². The summed E-state index contributed by atoms with van der Waals surface area (Å²) in [4.78, 5) is 10.8. The van der Waals surface area contributed by atoms with Gasteiger partial charge in [0.05, 0.1) is 0 Å². The molecule has 0 radical (unpaired) electrons. The van der Waals surface area contributed by atoms with Crippen LogP contribution in [0.15, 0.2) is 29.2 Å². The van der Waals surface area contributed by atoms with Crippen LogP contribution in [0.2, 0.25) is 0 Å². The average molecular weight is 383 g/mol. The van der Waals surface area contributed by atoms with E-state index in [9.17, 15) is 9.18 Å². The van der Waals surface area contributed by atoms with Gasteiger partial charge >= 0.3 is 5.97 Å². The Morgan fingerprint density at radius 1 is 1.12 bits per heavy atom. The number of benzene rings is 1. The molecule has 0 atom stereocenters. The Bertz CT molecular complexity index is 487. The van der Waals surface area contributed by atoms with Gasteiger partial charge in [-0.05, 0) is 36.6 Å². The summed E-state index contributed by atoms with van der Waals surface area (Å²) in [6, 6.07) is 7.07. The summed E-state index contributed by atoms with van der Waals surface area (Å²) in [7, 11) is 0. The highest BCUT2D eigenvalue weighted by molar-refractivity contribution is 7.99. The Hall–Kier alpha value is -1.03. The topological polar surface area (TPSA) is 37.3 Å². The lowest BCUT2D eigenvalue weighted by molar-refractivity contribution is -0.137. The van der Waals surface area contributed by atoms with Gasteiger partial charge in [-0.25, -0.2) is 4.39 Å². The van der Waals surface area contributed by atoms with Crippen molar-refractivity contribution in [3.8, 4) is 0 Å². The predicted octanol–water partition coefficient (Wildman–Crippen LogP) is 7.32. The molecule has 0 unspecified atom stereocenters. The maximum Gasteiger partial charge on any atom is 0.303 e. The number of carboxylic acid groups (broad SMARTS) is 1. The maximum absolute atomic E-state index is 13.3. The van der Waals surface area contributed by atoms with E-state index in [-0.39, 0.29) is 5.82 Å². The van der Waals surface area contributed by atoms with E-state index in [1.54, 1.807) is 23.9 Å². The summed E-state index contributed by atoms with van der Waals surface area (Å²) in [5.41, 5.74) is 0. The minimum atomic E-state index is -0.675. The molecular formula is C22H35FO2S. The lowest BCUT2D eigenvalue weighted by Crippen LogP contribution is -1.93. The molecule has 1 aliphatic carbocycles. The van der Waals surface area contributed by atoms with Gasteiger partial charge < -0.3 is 5.11 Å². The largest absolute Gasteiger partial charge is 0.481 e. The Morgan fingerprint density at radius 2 is 1.85 bits per heavy atom. The lowest BCUT2D eigenvalue weighted by Gasteiger charge is -2.08. The minimum Gasteiger partial charge on any atom is -0.481 e. The minimum absolute atomic E-state index is 0.0757. The van der Waals surface area contributed by atoms with E-state index < -0.39 is 5.97 Å². The molecule has 2 nitrogen and oxygen atoms in total. The second-order valence-electron chi connectivity index (χ2n) is 7.13. The molecule has 4 heteroatoms. The van der Waals surface area contributed by atoms with Crippen LogP contribution in [0.1, 0.15) is 84.0 Å². The average Bonchev–Trinajstić information content (AvgIpc) is 3.14. The molecule has 0 aliphatic heterocycles. The fourth-order valence-corrected chi connectivity index (χ4v) is 4.23. The van der Waals surface area contributed by atoms with Crippen LogP contribution in [0.3, 0.4) is 0 Å². The number of carboxylic acids is 1. The first-order valence-corrected chi connectivity index (χ1v) is 11.2. The molecular weight excluding hydrogens is 347 g/mol. The molecule has 1 N–H and O–H groups in total. The zero-order valence-corrected chi connectivity index (χ0v) is 17.0. The standard InChI is InChI=1S/C15H21FS.C7H14O2/c16-14-10-3-4-11-15(14)17-12-6-5-9-13-7-1-2-8-13;1-2-3-4-5-6-7(8)9/h3-4,10-11,13H,1-2,5-9,12H2;2-6H2,1H3,(H,8,9). The van der Waals surface area contributed by atoms with Gasteiger partial charge in [-0.2, -0.15) is 0 Å². The van der Waals surface area contributed by atoms with Crippen LogP contribution in [0, 0.1) is 11.7 Å². The van der Waals surface area contributed by atoms with Crippen LogP contribution in [0.5, 0.6) is 0 Å². The van der Waals surface area contributed by atoms with Gasteiger partial charge in [0.1, 0.15) is 5.82 Å². The summed E-state index contributed by atoms with van der Waals surface area (Å²) in [5, 5.41) is 8.21. The van der Waals surface area contributed by atoms with E-state index in [1.165, 1.54) is 51.4 Å². The van der Waals surface area contributed by atoms with Gasteiger partial charge in [0.25, 0.3) is 0 Å². The van der Waals surface area contributed by atoms with Gasteiger partial charge in [-0.1, -0.05) is 76.8 Å². The first kappa shape index (κ1) is 23.0. The summed E-state index contributed by atoms with van der Waals surface area (Å²) < 4.78 is 13.3. The molecule has 0 heterocycles. The molecule has 1 fully saturated rings. The van der Waals surface area contributed by atoms with Gasteiger partial charge in [0.15, 0.2) is 0 Å². The SMILES string of the molecule is CCCCCCC(=O)O.Fc1ccccc1SCCCCC1CCCC1. The number of carbonyl (C=O) groups is 1. The highest BCUT2D eigenvalue weighted by Crippen LogP contribution is 2.29. The fraction of sp³-hybridized carbons (Fsp3) is 0.682. The Labute approximate surface area is 163 Å². The number of halogens is 1. The third-order valence-electron chi connectivity index (χ3n) is 4.82. The van der Waals surface area contributed by atoms with E-state index in [0.29, 0.717) is 6.42 Å². The van der Waals surface area contributed by atoms with Gasteiger partial charge in [0.2, 0.25) is 0 Å². The van der Waals surface area contributed by atoms with E-state index >= 15 is 0 Å². The Balaban J connectivity index is 0.000000321. The van der Waals surface area contributed by atoms with Crippen LogP contribution < -0.4 is 0 Å². The van der Waals surface area contributed by atoms with Crippen molar-refractivity contribution in [2.45, 2.75) is 88.9 Å². The van der Waals surface area contributed by atoms with Gasteiger partial charge in [-0.3, -0.25) is 4.79 Å². The predicted molar refractivity (Wildman–Crippen MR) is 109 cm³/mol. The first-order valence-electron chi connectivity index (χ1n) is 10.2. The molecule has 0 aromatic heterocycles. The van der Waals surface area contributed by atoms with Gasteiger partial charge in [0, 0.05) is 11.3 Å². The number of aliphatic carboxylic acids is 1. The van der Waals surface area contributed by atoms with Crippen molar-refractivity contribution < 1.29 is 14.3 Å². The molecule has 0 spiro atoms. The second kappa shape index (κ2) is 15.1. The van der Waals surface area contributed by atoms with Crippen LogP contribution >= 0.6 is 11.8 Å². The number of rotatable bonds is 11. The number of unbranched alkanes of at least 4 members (excludes halogenated alkanes) is 4. The molecule has 26 heavy (non-hydrogen) atoms. The third kappa shape index (κ3) is 11.6. The number of thioether (sulfide) groups is 1. The molecule has 148 valence electrons. The Kier molecular flexibility index (Phi) is 13.3. The van der Waals surface area contributed by atoms with Crippen molar-refractivity contribution in [3.63, 3.8) is 0 Å². The third-order valence-corrected chi connectivity index (χ3v) is 5.95. The number of hydrogen-bond donors (Lipinski definition) is 1. The zero-order valence-electron chi connectivity index (χ0n) is 16.2. The van der Waals surface area contributed by atoms with Gasteiger partial charge in [-0.15, -0.1) is 11.8 Å². The Morgan fingerprint density at radius 3 is 2.50 bits per heavy atom. The quantitative estimate of drug-likeness (QED) is 0.322. The highest BCUT2D eigenvalue weighted by Gasteiger charge is 2.13. The molecule has 1 aromatic carbocycles. The summed E-state index contributed by atoms with van der Waals surface area (Å²) >= 11 is 1.65. The van der Waals surface area contributed by atoms with Crippen LogP contribution in [-0.4, -0.2) is 16.8 Å². The van der Waals surface area contributed by atoms with Crippen molar-refractivity contribution in [3.05, 3.63) is 30.1 Å². The van der Waals surface area contributed by atoms with Crippen molar-refractivity contribution >= 4 is 17.7 Å². The molecule has 1 aliphatic rings. The smallest absolute Gasteiger partial charge is 0.303 e. The second-order valence-corrected chi connectivity index (χ2v) is 8.27. The zero-order chi connectivity index (χ0) is 19.0. The van der Waals surface area contributed by atoms with Crippen LogP contribution in [0.25, 0.3) is 0 Å². The monoisotopic (exact) mass is 382 g/mol.